The lowest BCUT2D eigenvalue weighted by Gasteiger charge is -2.34. The fourth-order valence-electron chi connectivity index (χ4n) is 3.88. The third kappa shape index (κ3) is 6.01. The SMILES string of the molecule is CCCCC1CN(c2ccccc2)c2cc(SCC)c(O/C=C/C(=O)O)cc2S(O)(O)C1. The summed E-state index contributed by atoms with van der Waals surface area (Å²) in [5.74, 6) is 0.536. The molecule has 8 heteroatoms. The molecule has 3 N–H and O–H groups in total. The molecule has 0 spiro atoms. The molecule has 32 heavy (non-hydrogen) atoms. The Balaban J connectivity index is 2.14. The number of hydrogen-bond donors (Lipinski definition) is 3. The van der Waals surface area contributed by atoms with Crippen LogP contribution in [0.1, 0.15) is 33.1 Å². The van der Waals surface area contributed by atoms with Gasteiger partial charge < -0.3 is 14.7 Å². The van der Waals surface area contributed by atoms with E-state index in [-0.39, 0.29) is 5.92 Å². The van der Waals surface area contributed by atoms with Crippen LogP contribution in [0, 0.1) is 5.92 Å². The molecule has 1 aliphatic rings. The van der Waals surface area contributed by atoms with Crippen molar-refractivity contribution >= 4 is 39.7 Å². The molecule has 0 aromatic heterocycles. The first-order chi connectivity index (χ1) is 15.4. The van der Waals surface area contributed by atoms with Crippen molar-refractivity contribution in [3.05, 3.63) is 54.8 Å². The van der Waals surface area contributed by atoms with Gasteiger partial charge in [-0.3, -0.25) is 9.11 Å². The van der Waals surface area contributed by atoms with Crippen molar-refractivity contribution in [1.82, 2.24) is 0 Å². The molecule has 6 nitrogen and oxygen atoms in total. The van der Waals surface area contributed by atoms with Gasteiger partial charge in [0.2, 0.25) is 0 Å². The summed E-state index contributed by atoms with van der Waals surface area (Å²) in [7, 11) is -3.07. The van der Waals surface area contributed by atoms with Crippen LogP contribution in [0.3, 0.4) is 0 Å². The van der Waals surface area contributed by atoms with Crippen molar-refractivity contribution in [2.24, 2.45) is 5.92 Å². The largest absolute Gasteiger partial charge is 0.478 e. The van der Waals surface area contributed by atoms with Crippen molar-refractivity contribution in [2.45, 2.75) is 42.9 Å². The Bertz CT molecular complexity index is 949. The minimum Gasteiger partial charge on any atom is -0.478 e. The van der Waals surface area contributed by atoms with Crippen molar-refractivity contribution in [3.63, 3.8) is 0 Å². The average Bonchev–Trinajstić information content (AvgIpc) is 2.86. The minimum atomic E-state index is -3.07. The second-order valence-corrected chi connectivity index (χ2v) is 11.2. The number of nitrogens with zero attached hydrogens (tertiary/aromatic N) is 1. The maximum absolute atomic E-state index is 11.2. The molecule has 3 rings (SSSR count). The quantitative estimate of drug-likeness (QED) is 0.207. The normalized spacial score (nSPS) is 18.8. The molecule has 2 aromatic carbocycles. The molecule has 0 saturated heterocycles. The lowest BCUT2D eigenvalue weighted by Crippen LogP contribution is -2.25. The maximum Gasteiger partial charge on any atom is 0.331 e. The van der Waals surface area contributed by atoms with Crippen LogP contribution in [-0.2, 0) is 4.79 Å². The van der Waals surface area contributed by atoms with Crippen molar-refractivity contribution in [2.75, 3.05) is 23.0 Å². The highest BCUT2D eigenvalue weighted by Gasteiger charge is 2.33. The topological polar surface area (TPSA) is 90.2 Å². The third-order valence-corrected chi connectivity index (χ3v) is 8.20. The summed E-state index contributed by atoms with van der Waals surface area (Å²) < 4.78 is 28.1. The minimum absolute atomic E-state index is 0.131. The standard InChI is InChI=1S/C24H31NO5S2/c1-3-5-9-18-16-25(19-10-7-6-8-11-19)20-14-22(31-4-2)21(30-13-12-24(26)27)15-23(20)32(28,29)17-18/h6-8,10-15,18,28-29H,3-5,9,16-17H2,1-2H3,(H,26,27)/b13-12+. The van der Waals surface area contributed by atoms with Gasteiger partial charge in [-0.25, -0.2) is 4.79 Å². The first kappa shape index (κ1) is 24.5. The Kier molecular flexibility index (Phi) is 8.53. The number of benzene rings is 2. The van der Waals surface area contributed by atoms with Crippen LogP contribution in [0.4, 0.5) is 11.4 Å². The summed E-state index contributed by atoms with van der Waals surface area (Å²) in [4.78, 5) is 14.3. The van der Waals surface area contributed by atoms with E-state index in [1.54, 1.807) is 17.8 Å². The zero-order valence-electron chi connectivity index (χ0n) is 18.4. The van der Waals surface area contributed by atoms with E-state index < -0.39 is 16.6 Å². The number of anilines is 2. The van der Waals surface area contributed by atoms with Gasteiger partial charge in [-0.15, -0.1) is 11.8 Å². The van der Waals surface area contributed by atoms with Crippen LogP contribution in [0.15, 0.2) is 64.6 Å². The maximum atomic E-state index is 11.2. The summed E-state index contributed by atoms with van der Waals surface area (Å²) >= 11 is 1.57. The number of carboxylic acid groups (broad SMARTS) is 1. The summed E-state index contributed by atoms with van der Waals surface area (Å²) in [5.41, 5.74) is 1.76. The second kappa shape index (κ2) is 11.1. The Labute approximate surface area is 195 Å². The molecule has 0 amide bonds. The second-order valence-electron chi connectivity index (χ2n) is 7.75. The van der Waals surface area contributed by atoms with Crippen LogP contribution in [0.5, 0.6) is 5.75 Å². The van der Waals surface area contributed by atoms with Crippen molar-refractivity contribution in [3.8, 4) is 5.75 Å². The number of carbonyl (C=O) groups is 1. The van der Waals surface area contributed by atoms with Crippen LogP contribution in [0.25, 0.3) is 0 Å². The summed E-state index contributed by atoms with van der Waals surface area (Å²) in [6.45, 7) is 4.86. The zero-order chi connectivity index (χ0) is 23.1. The molecule has 2 aromatic rings. The van der Waals surface area contributed by atoms with E-state index in [1.165, 1.54) is 0 Å². The van der Waals surface area contributed by atoms with E-state index in [9.17, 15) is 13.9 Å². The first-order valence-electron chi connectivity index (χ1n) is 10.8. The van der Waals surface area contributed by atoms with E-state index in [4.69, 9.17) is 9.84 Å². The van der Waals surface area contributed by atoms with E-state index in [0.717, 1.165) is 53.6 Å². The third-order valence-electron chi connectivity index (χ3n) is 5.32. The Morgan fingerprint density at radius 1 is 1.25 bits per heavy atom. The molecule has 0 saturated carbocycles. The van der Waals surface area contributed by atoms with Crippen molar-refractivity contribution in [1.29, 1.82) is 0 Å². The molecule has 1 atom stereocenters. The van der Waals surface area contributed by atoms with Crippen LogP contribution < -0.4 is 9.64 Å². The molecule has 1 aliphatic heterocycles. The summed E-state index contributed by atoms with van der Waals surface area (Å²) in [6.07, 6.45) is 5.04. The number of thioether (sulfide) groups is 1. The van der Waals surface area contributed by atoms with Crippen LogP contribution >= 0.6 is 22.4 Å². The van der Waals surface area contributed by atoms with Gasteiger partial charge >= 0.3 is 5.97 Å². The fourth-order valence-corrected chi connectivity index (χ4v) is 6.54. The smallest absolute Gasteiger partial charge is 0.331 e. The highest BCUT2D eigenvalue weighted by atomic mass is 32.3. The van der Waals surface area contributed by atoms with E-state index >= 15 is 0 Å². The van der Waals surface area contributed by atoms with Gasteiger partial charge in [0.25, 0.3) is 0 Å². The van der Waals surface area contributed by atoms with Gasteiger partial charge in [-0.1, -0.05) is 44.9 Å². The number of hydrogen-bond acceptors (Lipinski definition) is 6. The molecule has 0 bridgehead atoms. The highest BCUT2D eigenvalue weighted by Crippen LogP contribution is 2.59. The molecule has 0 aliphatic carbocycles. The van der Waals surface area contributed by atoms with Gasteiger partial charge in [-0.2, -0.15) is 10.6 Å². The van der Waals surface area contributed by atoms with Gasteiger partial charge in [0.15, 0.2) is 0 Å². The van der Waals surface area contributed by atoms with E-state index in [1.807, 2.05) is 43.3 Å². The summed E-state index contributed by atoms with van der Waals surface area (Å²) in [5, 5.41) is 8.88. The Hall–Kier alpha value is -2.13. The Morgan fingerprint density at radius 2 is 2.00 bits per heavy atom. The van der Waals surface area contributed by atoms with Gasteiger partial charge in [-0.05, 0) is 36.3 Å². The lowest BCUT2D eigenvalue weighted by molar-refractivity contribution is -0.131. The summed E-state index contributed by atoms with van der Waals surface area (Å²) in [6, 6.07) is 13.6. The predicted molar refractivity (Wildman–Crippen MR) is 133 cm³/mol. The van der Waals surface area contributed by atoms with Crippen LogP contribution in [-0.4, -0.2) is 38.2 Å². The number of carboxylic acids is 1. The highest BCUT2D eigenvalue weighted by molar-refractivity contribution is 8.24. The molecular weight excluding hydrogens is 446 g/mol. The number of rotatable bonds is 9. The molecule has 1 unspecified atom stereocenters. The number of fused-ring (bicyclic) bond motifs is 1. The predicted octanol–water partition coefficient (Wildman–Crippen LogP) is 6.84. The van der Waals surface area contributed by atoms with Crippen LogP contribution in [0.2, 0.25) is 0 Å². The van der Waals surface area contributed by atoms with Gasteiger partial charge in [0.1, 0.15) is 5.75 Å². The molecule has 0 radical (unpaired) electrons. The molecular formula is C24H31NO5S2. The average molecular weight is 478 g/mol. The molecule has 174 valence electrons. The molecule has 1 heterocycles. The van der Waals surface area contributed by atoms with Crippen molar-refractivity contribution < 1.29 is 23.7 Å². The van der Waals surface area contributed by atoms with Gasteiger partial charge in [0.05, 0.1) is 27.8 Å². The fraction of sp³-hybridized carbons (Fsp3) is 0.375. The molecule has 0 fully saturated rings. The lowest BCUT2D eigenvalue weighted by atomic mass is 10.0. The first-order valence-corrected chi connectivity index (χ1v) is 13.5. The van der Waals surface area contributed by atoms with E-state index in [0.29, 0.717) is 22.9 Å². The number of para-hydroxylation sites is 1. The van der Waals surface area contributed by atoms with Gasteiger partial charge in [0, 0.05) is 24.1 Å². The van der Waals surface area contributed by atoms with E-state index in [2.05, 4.69) is 11.8 Å². The number of ether oxygens (including phenoxy) is 1. The number of aliphatic carboxylic acids is 1. The number of unbranched alkanes of at least 4 members (excludes halogenated alkanes) is 1. The monoisotopic (exact) mass is 477 g/mol. The zero-order valence-corrected chi connectivity index (χ0v) is 20.1. The Morgan fingerprint density at radius 3 is 2.66 bits per heavy atom.